The fourth-order valence-corrected chi connectivity index (χ4v) is 0.410. The first-order chi connectivity index (χ1) is 3.72. The maximum Gasteiger partial charge on any atom is 0.479 e. The van der Waals surface area contributed by atoms with Gasteiger partial charge in [-0.05, 0) is 6.08 Å². The Bertz CT molecular complexity index is 105. The largest absolute Gasteiger partial charge is 0.479 e. The Morgan fingerprint density at radius 3 is 2.50 bits per heavy atom. The van der Waals surface area contributed by atoms with Crippen LogP contribution in [0.25, 0.3) is 0 Å². The predicted molar refractivity (Wildman–Crippen MR) is 25.7 cm³/mol. The molecule has 0 aliphatic carbocycles. The molecule has 0 radical (unpaired) electrons. The van der Waals surface area contributed by atoms with E-state index in [1.165, 1.54) is 0 Å². The monoisotopic (exact) mass is 138 g/mol. The van der Waals surface area contributed by atoms with E-state index in [0.29, 0.717) is 6.08 Å². The van der Waals surface area contributed by atoms with Gasteiger partial charge in [-0.2, -0.15) is 0 Å². The first kappa shape index (κ1) is 7.45. The Balaban J connectivity index is 3.62. The van der Waals surface area contributed by atoms with Crippen molar-refractivity contribution in [3.8, 4) is 0 Å². The molecule has 0 N–H and O–H groups in total. The summed E-state index contributed by atoms with van der Waals surface area (Å²) in [5.41, 5.74) is 0. The van der Waals surface area contributed by atoms with Crippen LogP contribution in [0.1, 0.15) is 0 Å². The van der Waals surface area contributed by atoms with Crippen LogP contribution in [-0.4, -0.2) is 14.8 Å². The maximum atomic E-state index is 11.6. The van der Waals surface area contributed by atoms with E-state index < -0.39 is 14.8 Å². The first-order valence-electron chi connectivity index (χ1n) is 1.80. The van der Waals surface area contributed by atoms with Gasteiger partial charge in [0.05, 0.1) is 0 Å². The smallest absolute Gasteiger partial charge is 0.294 e. The van der Waals surface area contributed by atoms with Crippen molar-refractivity contribution in [2.75, 3.05) is 0 Å². The third-order valence-corrected chi connectivity index (χ3v) is 1.34. The van der Waals surface area contributed by atoms with Crippen LogP contribution in [0.3, 0.4) is 0 Å². The van der Waals surface area contributed by atoms with Crippen LogP contribution in [0, 0.1) is 0 Å². The molecule has 0 heterocycles. The zero-order valence-electron chi connectivity index (χ0n) is 3.93. The van der Waals surface area contributed by atoms with Crippen molar-refractivity contribution in [1.29, 1.82) is 0 Å². The molecule has 2 nitrogen and oxygen atoms in total. The molecule has 46 valence electrons. The molecule has 0 bridgehead atoms. The molecule has 0 aliphatic rings. The van der Waals surface area contributed by atoms with Crippen molar-refractivity contribution in [1.82, 2.24) is 0 Å². The average Bonchev–Trinajstić information content (AvgIpc) is 1.84. The van der Waals surface area contributed by atoms with E-state index >= 15 is 0 Å². The van der Waals surface area contributed by atoms with Crippen LogP contribution < -0.4 is 0 Å². The van der Waals surface area contributed by atoms with E-state index in [-0.39, 0.29) is 0 Å². The molecule has 0 saturated carbocycles. The van der Waals surface area contributed by atoms with Gasteiger partial charge >= 0.3 is 9.37 Å². The second kappa shape index (κ2) is 3.45. The van der Waals surface area contributed by atoms with Crippen molar-refractivity contribution in [3.63, 3.8) is 0 Å². The highest BCUT2D eigenvalue weighted by Gasteiger charge is 2.19. The maximum absolute atomic E-state index is 11.6. The third-order valence-electron chi connectivity index (χ3n) is 0.503. The van der Waals surface area contributed by atoms with Gasteiger partial charge in [0.25, 0.3) is 0 Å². The minimum Gasteiger partial charge on any atom is -0.294 e. The summed E-state index contributed by atoms with van der Waals surface area (Å²) in [5, 5.41) is -0.979. The molecule has 0 saturated heterocycles. The highest BCUT2D eigenvalue weighted by Crippen LogP contribution is 1.89. The quantitative estimate of drug-likeness (QED) is 0.320. The zero-order valence-corrected chi connectivity index (χ0v) is 5.09. The molecular formula is C3H4F2O2Si. The number of carbonyl (C=O) groups excluding carboxylic acids is 1. The first-order valence-corrected chi connectivity index (χ1v) is 3.28. The van der Waals surface area contributed by atoms with Crippen LogP contribution in [0.2, 0.25) is 0 Å². The van der Waals surface area contributed by atoms with E-state index in [1.807, 2.05) is 0 Å². The Morgan fingerprint density at radius 2 is 2.38 bits per heavy atom. The van der Waals surface area contributed by atoms with Crippen molar-refractivity contribution in [2.45, 2.75) is 0 Å². The molecule has 0 aromatic rings. The van der Waals surface area contributed by atoms with Crippen LogP contribution in [0.5, 0.6) is 0 Å². The standard InChI is InChI=1S/C3H4F2O2Si/c1-2-3(6)8(5)7-4/h2,8H,1H2. The molecule has 0 rings (SSSR count). The molecule has 5 heteroatoms. The Kier molecular flexibility index (Phi) is 3.21. The van der Waals surface area contributed by atoms with Gasteiger partial charge in [-0.3, -0.25) is 8.90 Å². The average molecular weight is 138 g/mol. The molecule has 0 amide bonds. The molecule has 0 aliphatic heterocycles. The van der Waals surface area contributed by atoms with Crippen molar-refractivity contribution >= 4 is 14.8 Å². The van der Waals surface area contributed by atoms with Gasteiger partial charge in [-0.1, -0.05) is 11.1 Å². The number of halogens is 2. The highest BCUT2D eigenvalue weighted by molar-refractivity contribution is 6.82. The summed E-state index contributed by atoms with van der Waals surface area (Å²) in [6.45, 7) is 2.93. The predicted octanol–water partition coefficient (Wildman–Crippen LogP) is 0.372. The lowest BCUT2D eigenvalue weighted by Gasteiger charge is -1.89. The minimum atomic E-state index is -3.70. The molecule has 0 fully saturated rings. The zero-order chi connectivity index (χ0) is 6.57. The van der Waals surface area contributed by atoms with Gasteiger partial charge in [0.15, 0.2) is 5.41 Å². The summed E-state index contributed by atoms with van der Waals surface area (Å²) in [6, 6.07) is 0. The summed E-state index contributed by atoms with van der Waals surface area (Å²) in [6.07, 6.45) is 0.705. The highest BCUT2D eigenvalue weighted by atomic mass is 28.3. The fraction of sp³-hybridized carbons (Fsp3) is 0. The van der Waals surface area contributed by atoms with Gasteiger partial charge in [-0.15, -0.1) is 0 Å². The van der Waals surface area contributed by atoms with E-state index in [0.717, 1.165) is 0 Å². The fourth-order valence-electron chi connectivity index (χ4n) is 0.137. The second-order valence-electron chi connectivity index (χ2n) is 1.01. The van der Waals surface area contributed by atoms with E-state index in [1.54, 1.807) is 0 Å². The Morgan fingerprint density at radius 1 is 1.88 bits per heavy atom. The third kappa shape index (κ3) is 1.94. The molecule has 0 spiro atoms. The lowest BCUT2D eigenvalue weighted by molar-refractivity contribution is -0.113. The minimum absolute atomic E-state index is 0.705. The van der Waals surface area contributed by atoms with E-state index in [9.17, 15) is 13.4 Å². The molecule has 0 aromatic carbocycles. The Hall–Kier alpha value is -0.553. The van der Waals surface area contributed by atoms with Gasteiger partial charge in [-0.25, -0.2) is 4.63 Å². The van der Waals surface area contributed by atoms with Crippen LogP contribution >= 0.6 is 0 Å². The van der Waals surface area contributed by atoms with Gasteiger partial charge < -0.3 is 0 Å². The normalized spacial score (nSPS) is 12.8. The summed E-state index contributed by atoms with van der Waals surface area (Å²) in [7, 11) is -3.70. The van der Waals surface area contributed by atoms with Crippen molar-refractivity contribution in [3.05, 3.63) is 12.7 Å². The molecule has 1 unspecified atom stereocenters. The molecular weight excluding hydrogens is 134 g/mol. The molecule has 1 atom stereocenters. The van der Waals surface area contributed by atoms with Crippen molar-refractivity contribution in [2.24, 2.45) is 0 Å². The lowest BCUT2D eigenvalue weighted by atomic mass is 10.7. The van der Waals surface area contributed by atoms with Crippen molar-refractivity contribution < 1.29 is 18.1 Å². The van der Waals surface area contributed by atoms with Gasteiger partial charge in [0, 0.05) is 0 Å². The number of rotatable bonds is 3. The van der Waals surface area contributed by atoms with Crippen LogP contribution in [0.4, 0.5) is 8.63 Å². The van der Waals surface area contributed by atoms with E-state index in [2.05, 4.69) is 11.2 Å². The lowest BCUT2D eigenvalue weighted by Crippen LogP contribution is -2.18. The summed E-state index contributed by atoms with van der Waals surface area (Å²) < 4.78 is 25.0. The summed E-state index contributed by atoms with van der Waals surface area (Å²) in [5.74, 6) is 0. The molecule has 0 aromatic heterocycles. The summed E-state index contributed by atoms with van der Waals surface area (Å²) >= 11 is 0. The van der Waals surface area contributed by atoms with Gasteiger partial charge in [0.2, 0.25) is 0 Å². The van der Waals surface area contributed by atoms with Gasteiger partial charge in [0.1, 0.15) is 0 Å². The summed E-state index contributed by atoms with van der Waals surface area (Å²) in [4.78, 5) is 9.95. The van der Waals surface area contributed by atoms with Crippen LogP contribution in [0.15, 0.2) is 12.7 Å². The SMILES string of the molecule is C=CC(=O)[SiH](F)OF. The number of hydrogen-bond donors (Lipinski definition) is 0. The molecule has 8 heavy (non-hydrogen) atoms. The number of allylic oxidation sites excluding steroid dienone is 1. The topological polar surface area (TPSA) is 26.3 Å². The second-order valence-corrected chi connectivity index (χ2v) is 2.39. The van der Waals surface area contributed by atoms with E-state index in [4.69, 9.17) is 0 Å². The number of carbonyl (C=O) groups is 1. The van der Waals surface area contributed by atoms with Crippen LogP contribution in [-0.2, 0) is 9.43 Å². The number of hydrogen-bond acceptors (Lipinski definition) is 2. The Labute approximate surface area is 46.6 Å².